The molecule has 1 fully saturated rings. The third-order valence-electron chi connectivity index (χ3n) is 5.95. The van der Waals surface area contributed by atoms with Crippen LogP contribution >= 0.6 is 0 Å². The molecule has 3 heterocycles. The lowest BCUT2D eigenvalue weighted by Crippen LogP contribution is -2.39. The summed E-state index contributed by atoms with van der Waals surface area (Å²) in [7, 11) is 1.24. The molecule has 4 aromatic rings. The first-order valence-electron chi connectivity index (χ1n) is 10.4. The van der Waals surface area contributed by atoms with E-state index in [1.54, 1.807) is 6.07 Å². The van der Waals surface area contributed by atoms with Gasteiger partial charge in [-0.25, -0.2) is 14.2 Å². The van der Waals surface area contributed by atoms with E-state index in [1.807, 2.05) is 4.90 Å². The second-order valence-corrected chi connectivity index (χ2v) is 7.76. The number of rotatable bonds is 4. The van der Waals surface area contributed by atoms with Gasteiger partial charge in [0.05, 0.1) is 26.4 Å². The fraction of sp³-hybridized carbons (Fsp3) is 0.250. The normalized spacial score (nSPS) is 15.7. The van der Waals surface area contributed by atoms with Crippen molar-refractivity contribution in [1.82, 2.24) is 9.88 Å². The lowest BCUT2D eigenvalue weighted by atomic mass is 9.89. The highest BCUT2D eigenvalue weighted by Crippen LogP contribution is 2.46. The molecular weight excluding hydrogens is 434 g/mol. The maximum atomic E-state index is 14.2. The quantitative estimate of drug-likeness (QED) is 0.366. The smallest absolute Gasteiger partial charge is 0.341 e. The van der Waals surface area contributed by atoms with Gasteiger partial charge >= 0.3 is 5.97 Å². The lowest BCUT2D eigenvalue weighted by Gasteiger charge is -2.36. The Kier molecular flexibility index (Phi) is 5.43. The standard InChI is InChI=1S/C24H20F2N2O5/c1-31-24(30)17-12-33-23-15-3-2-14(25)11-16(15)22(29)20(19(17)23)21(28-6-8-32-9-7-28)13-4-5-27-18(26)10-13/h2-5,10-12,21,29H,6-9H2,1H3. The maximum Gasteiger partial charge on any atom is 0.341 e. The Hall–Kier alpha value is -3.56. The van der Waals surface area contributed by atoms with Crippen molar-refractivity contribution in [2.24, 2.45) is 0 Å². The number of aromatic nitrogens is 1. The summed E-state index contributed by atoms with van der Waals surface area (Å²) in [6.45, 7) is 1.85. The van der Waals surface area contributed by atoms with Gasteiger partial charge in [0.15, 0.2) is 0 Å². The molecule has 1 unspecified atom stereocenters. The van der Waals surface area contributed by atoms with Crippen LogP contribution in [0.2, 0.25) is 0 Å². The molecule has 2 aromatic heterocycles. The molecule has 2 aromatic carbocycles. The minimum absolute atomic E-state index is 0.108. The van der Waals surface area contributed by atoms with Gasteiger partial charge in [-0.15, -0.1) is 0 Å². The topological polar surface area (TPSA) is 85.0 Å². The number of carbonyl (C=O) groups is 1. The van der Waals surface area contributed by atoms with Gasteiger partial charge in [-0.3, -0.25) is 4.90 Å². The zero-order valence-electron chi connectivity index (χ0n) is 17.7. The number of hydrogen-bond acceptors (Lipinski definition) is 7. The van der Waals surface area contributed by atoms with Gasteiger partial charge in [-0.1, -0.05) is 0 Å². The first kappa shape index (κ1) is 21.3. The molecule has 0 saturated carbocycles. The van der Waals surface area contributed by atoms with E-state index in [9.17, 15) is 18.7 Å². The van der Waals surface area contributed by atoms with Crippen LogP contribution in [-0.4, -0.2) is 54.4 Å². The third-order valence-corrected chi connectivity index (χ3v) is 5.95. The van der Waals surface area contributed by atoms with Crippen LogP contribution in [0.15, 0.2) is 47.2 Å². The average Bonchev–Trinajstić information content (AvgIpc) is 3.26. The van der Waals surface area contributed by atoms with E-state index in [1.165, 1.54) is 43.8 Å². The van der Waals surface area contributed by atoms with Crippen molar-refractivity contribution in [1.29, 1.82) is 0 Å². The zero-order chi connectivity index (χ0) is 23.1. The highest BCUT2D eigenvalue weighted by atomic mass is 19.1. The molecule has 7 nitrogen and oxygen atoms in total. The van der Waals surface area contributed by atoms with Crippen LogP contribution in [0.1, 0.15) is 27.5 Å². The second-order valence-electron chi connectivity index (χ2n) is 7.76. The molecule has 0 amide bonds. The Balaban J connectivity index is 1.90. The van der Waals surface area contributed by atoms with Crippen molar-refractivity contribution < 1.29 is 32.6 Å². The van der Waals surface area contributed by atoms with E-state index in [0.29, 0.717) is 53.8 Å². The summed E-state index contributed by atoms with van der Waals surface area (Å²) in [6, 6.07) is 6.16. The van der Waals surface area contributed by atoms with Crippen LogP contribution in [-0.2, 0) is 9.47 Å². The molecule has 9 heteroatoms. The van der Waals surface area contributed by atoms with Crippen molar-refractivity contribution in [2.75, 3.05) is 33.4 Å². The number of ether oxygens (including phenoxy) is 2. The van der Waals surface area contributed by atoms with Crippen LogP contribution < -0.4 is 0 Å². The number of benzene rings is 2. The van der Waals surface area contributed by atoms with Crippen molar-refractivity contribution in [3.05, 3.63) is 71.2 Å². The summed E-state index contributed by atoms with van der Waals surface area (Å²) in [5.41, 5.74) is 1.21. The van der Waals surface area contributed by atoms with Crippen LogP contribution in [0.5, 0.6) is 5.75 Å². The fourth-order valence-electron chi connectivity index (χ4n) is 4.51. The fourth-order valence-corrected chi connectivity index (χ4v) is 4.51. The minimum atomic E-state index is -0.692. The number of halogens is 2. The molecule has 170 valence electrons. The van der Waals surface area contributed by atoms with Gasteiger partial charge in [-0.05, 0) is 35.9 Å². The molecule has 1 atom stereocenters. The highest BCUT2D eigenvalue weighted by molar-refractivity contribution is 6.16. The molecule has 1 aliphatic rings. The summed E-state index contributed by atoms with van der Waals surface area (Å²) in [4.78, 5) is 18.3. The number of phenolic OH excluding ortho intramolecular Hbond substituents is 1. The van der Waals surface area contributed by atoms with Crippen LogP contribution in [0.25, 0.3) is 21.7 Å². The predicted octanol–water partition coefficient (Wildman–Crippen LogP) is 4.17. The van der Waals surface area contributed by atoms with Gasteiger partial charge in [0.2, 0.25) is 5.95 Å². The molecule has 5 rings (SSSR count). The molecule has 0 aliphatic carbocycles. The second kappa shape index (κ2) is 8.42. The van der Waals surface area contributed by atoms with Gasteiger partial charge in [0.1, 0.15) is 29.0 Å². The number of carbonyl (C=O) groups excluding carboxylic acids is 1. The summed E-state index contributed by atoms with van der Waals surface area (Å²) in [5, 5.41) is 12.5. The summed E-state index contributed by atoms with van der Waals surface area (Å²) in [5.74, 6) is -2.11. The monoisotopic (exact) mass is 454 g/mol. The Morgan fingerprint density at radius 1 is 1.18 bits per heavy atom. The van der Waals surface area contributed by atoms with Crippen molar-refractivity contribution in [2.45, 2.75) is 6.04 Å². The molecule has 1 N–H and O–H groups in total. The number of esters is 1. The number of pyridine rings is 1. The summed E-state index contributed by atoms with van der Waals surface area (Å²) in [6.07, 6.45) is 2.59. The lowest BCUT2D eigenvalue weighted by molar-refractivity contribution is 0.0237. The Morgan fingerprint density at radius 2 is 1.97 bits per heavy atom. The number of morpholine rings is 1. The van der Waals surface area contributed by atoms with Crippen LogP contribution in [0.3, 0.4) is 0 Å². The van der Waals surface area contributed by atoms with E-state index < -0.39 is 23.8 Å². The number of nitrogens with zero attached hydrogens (tertiary/aromatic N) is 2. The molecule has 33 heavy (non-hydrogen) atoms. The Labute approximate surface area is 187 Å². The van der Waals surface area contributed by atoms with Gasteiger partial charge in [0.25, 0.3) is 0 Å². The number of phenols is 1. The van der Waals surface area contributed by atoms with Crippen molar-refractivity contribution in [3.8, 4) is 5.75 Å². The van der Waals surface area contributed by atoms with E-state index >= 15 is 0 Å². The average molecular weight is 454 g/mol. The molecule has 0 spiro atoms. The third kappa shape index (κ3) is 3.59. The number of furan rings is 1. The number of aromatic hydroxyl groups is 1. The Morgan fingerprint density at radius 3 is 2.70 bits per heavy atom. The van der Waals surface area contributed by atoms with E-state index in [0.717, 1.165) is 0 Å². The number of hydrogen-bond donors (Lipinski definition) is 1. The van der Waals surface area contributed by atoms with Gasteiger partial charge < -0.3 is 19.0 Å². The zero-order valence-corrected chi connectivity index (χ0v) is 17.7. The molecular formula is C24H20F2N2O5. The predicted molar refractivity (Wildman–Crippen MR) is 115 cm³/mol. The first-order valence-corrected chi connectivity index (χ1v) is 10.4. The first-order chi connectivity index (χ1) is 16.0. The van der Waals surface area contributed by atoms with E-state index in [-0.39, 0.29) is 16.7 Å². The highest BCUT2D eigenvalue weighted by Gasteiger charge is 2.33. The van der Waals surface area contributed by atoms with Crippen LogP contribution in [0, 0.1) is 11.8 Å². The van der Waals surface area contributed by atoms with Crippen LogP contribution in [0.4, 0.5) is 8.78 Å². The molecule has 0 radical (unpaired) electrons. The van der Waals surface area contributed by atoms with Gasteiger partial charge in [0, 0.05) is 41.0 Å². The number of fused-ring (bicyclic) bond motifs is 3. The summed E-state index contributed by atoms with van der Waals surface area (Å²) >= 11 is 0. The number of methoxy groups -OCH3 is 1. The largest absolute Gasteiger partial charge is 0.507 e. The molecule has 0 bridgehead atoms. The van der Waals surface area contributed by atoms with Crippen molar-refractivity contribution >= 4 is 27.7 Å². The summed E-state index contributed by atoms with van der Waals surface area (Å²) < 4.78 is 44.5. The maximum absolute atomic E-state index is 14.2. The minimum Gasteiger partial charge on any atom is -0.507 e. The SMILES string of the molecule is COC(=O)c1coc2c1c(C(c1ccnc(F)c1)N1CCOCC1)c(O)c1cc(F)ccc12. The van der Waals surface area contributed by atoms with E-state index in [4.69, 9.17) is 13.9 Å². The molecule has 1 saturated heterocycles. The molecule has 1 aliphatic heterocycles. The Bertz CT molecular complexity index is 1360. The van der Waals surface area contributed by atoms with Crippen molar-refractivity contribution in [3.63, 3.8) is 0 Å². The van der Waals surface area contributed by atoms with E-state index in [2.05, 4.69) is 4.98 Å². The van der Waals surface area contributed by atoms with Gasteiger partial charge in [-0.2, -0.15) is 4.39 Å².